The van der Waals surface area contributed by atoms with Crippen LogP contribution in [-0.4, -0.2) is 36.6 Å². The molecule has 2 aliphatic rings. The third-order valence-electron chi connectivity index (χ3n) is 4.17. The highest BCUT2D eigenvalue weighted by atomic mass is 16.5. The Morgan fingerprint density at radius 1 is 1.20 bits per heavy atom. The maximum atomic E-state index is 12.5. The van der Waals surface area contributed by atoms with Gasteiger partial charge in [0.25, 0.3) is 5.91 Å². The predicted octanol–water partition coefficient (Wildman–Crippen LogP) is 2.94. The lowest BCUT2D eigenvalue weighted by molar-refractivity contribution is 0.0480. The summed E-state index contributed by atoms with van der Waals surface area (Å²) in [6.45, 7) is 6.53. The molecule has 1 saturated heterocycles. The summed E-state index contributed by atoms with van der Waals surface area (Å²) in [6.07, 6.45) is 3.85. The van der Waals surface area contributed by atoms with Crippen molar-refractivity contribution in [2.75, 3.05) is 19.7 Å². The molecule has 2 fully saturated rings. The van der Waals surface area contributed by atoms with Crippen molar-refractivity contribution in [2.24, 2.45) is 5.92 Å². The highest BCUT2D eigenvalue weighted by Gasteiger charge is 2.29. The Kier molecular flexibility index (Phi) is 3.79. The molecule has 1 atom stereocenters. The van der Waals surface area contributed by atoms with Gasteiger partial charge in [0.2, 0.25) is 0 Å². The topological polar surface area (TPSA) is 29.5 Å². The zero-order valence-electron chi connectivity index (χ0n) is 12.4. The number of carbonyl (C=O) groups is 1. The molecular formula is C17H23NO2. The number of nitrogens with zero attached hydrogens (tertiary/aromatic N) is 1. The highest BCUT2D eigenvalue weighted by molar-refractivity contribution is 5.94. The normalized spacial score (nSPS) is 22.3. The lowest BCUT2D eigenvalue weighted by atomic mass is 10.1. The summed E-state index contributed by atoms with van der Waals surface area (Å²) in [5.74, 6) is 0.938. The van der Waals surface area contributed by atoms with E-state index in [2.05, 4.69) is 6.07 Å². The van der Waals surface area contributed by atoms with E-state index < -0.39 is 0 Å². The van der Waals surface area contributed by atoms with Crippen LogP contribution in [0.3, 0.4) is 0 Å². The fourth-order valence-corrected chi connectivity index (χ4v) is 2.89. The van der Waals surface area contributed by atoms with Gasteiger partial charge in [-0.2, -0.15) is 0 Å². The SMILES string of the molecule is Cc1cc(C)cc(C(=O)N2CCC(OCC3CC3)C2)c1. The maximum absolute atomic E-state index is 12.5. The van der Waals surface area contributed by atoms with Crippen molar-refractivity contribution in [1.82, 2.24) is 4.90 Å². The van der Waals surface area contributed by atoms with Crippen LogP contribution < -0.4 is 0 Å². The van der Waals surface area contributed by atoms with Gasteiger partial charge in [-0.1, -0.05) is 17.2 Å². The van der Waals surface area contributed by atoms with Crippen molar-refractivity contribution in [1.29, 1.82) is 0 Å². The van der Waals surface area contributed by atoms with Crippen LogP contribution in [0.15, 0.2) is 18.2 Å². The summed E-state index contributed by atoms with van der Waals surface area (Å²) in [4.78, 5) is 14.5. The molecule has 3 nitrogen and oxygen atoms in total. The zero-order chi connectivity index (χ0) is 14.1. The first kappa shape index (κ1) is 13.6. The van der Waals surface area contributed by atoms with Crippen molar-refractivity contribution in [3.05, 3.63) is 34.9 Å². The highest BCUT2D eigenvalue weighted by Crippen LogP contribution is 2.30. The van der Waals surface area contributed by atoms with E-state index in [0.29, 0.717) is 0 Å². The summed E-state index contributed by atoms with van der Waals surface area (Å²) in [7, 11) is 0. The molecule has 0 spiro atoms. The van der Waals surface area contributed by atoms with Gasteiger partial charge < -0.3 is 9.64 Å². The van der Waals surface area contributed by atoms with Crippen LogP contribution >= 0.6 is 0 Å². The molecule has 1 aliphatic heterocycles. The van der Waals surface area contributed by atoms with E-state index in [1.165, 1.54) is 12.8 Å². The molecule has 1 aliphatic carbocycles. The Balaban J connectivity index is 1.59. The van der Waals surface area contributed by atoms with Crippen molar-refractivity contribution in [3.63, 3.8) is 0 Å². The maximum Gasteiger partial charge on any atom is 0.253 e. The molecule has 1 aromatic carbocycles. The Morgan fingerprint density at radius 3 is 2.55 bits per heavy atom. The largest absolute Gasteiger partial charge is 0.376 e. The number of likely N-dealkylation sites (tertiary alicyclic amines) is 1. The van der Waals surface area contributed by atoms with Crippen LogP contribution in [0.25, 0.3) is 0 Å². The monoisotopic (exact) mass is 273 g/mol. The van der Waals surface area contributed by atoms with Crippen LogP contribution in [0.5, 0.6) is 0 Å². The van der Waals surface area contributed by atoms with Gasteiger partial charge in [0.05, 0.1) is 6.10 Å². The predicted molar refractivity (Wildman–Crippen MR) is 78.9 cm³/mol. The van der Waals surface area contributed by atoms with E-state index in [1.54, 1.807) is 0 Å². The molecule has 0 N–H and O–H groups in total. The number of rotatable bonds is 4. The smallest absolute Gasteiger partial charge is 0.253 e. The summed E-state index contributed by atoms with van der Waals surface area (Å²) in [5, 5.41) is 0. The minimum Gasteiger partial charge on any atom is -0.376 e. The number of amides is 1. The average Bonchev–Trinajstić information content (AvgIpc) is 3.11. The molecule has 1 amide bonds. The van der Waals surface area contributed by atoms with Gasteiger partial charge >= 0.3 is 0 Å². The number of ether oxygens (including phenoxy) is 1. The third-order valence-corrected chi connectivity index (χ3v) is 4.17. The number of benzene rings is 1. The average molecular weight is 273 g/mol. The summed E-state index contributed by atoms with van der Waals surface area (Å²) in [5.41, 5.74) is 3.11. The van der Waals surface area contributed by atoms with E-state index in [9.17, 15) is 4.79 Å². The molecule has 1 saturated carbocycles. The van der Waals surface area contributed by atoms with Gasteiger partial charge in [0.1, 0.15) is 0 Å². The molecule has 1 aromatic rings. The summed E-state index contributed by atoms with van der Waals surface area (Å²) >= 11 is 0. The van der Waals surface area contributed by atoms with E-state index in [-0.39, 0.29) is 12.0 Å². The molecule has 108 valence electrons. The van der Waals surface area contributed by atoms with Gasteiger partial charge in [0.15, 0.2) is 0 Å². The minimum atomic E-state index is 0.148. The van der Waals surface area contributed by atoms with Crippen molar-refractivity contribution in [2.45, 2.75) is 39.2 Å². The Labute approximate surface area is 120 Å². The van der Waals surface area contributed by atoms with E-state index >= 15 is 0 Å². The van der Waals surface area contributed by atoms with Crippen LogP contribution in [0, 0.1) is 19.8 Å². The number of carbonyl (C=O) groups excluding carboxylic acids is 1. The summed E-state index contributed by atoms with van der Waals surface area (Å²) < 4.78 is 5.90. The molecule has 1 unspecified atom stereocenters. The molecule has 0 bridgehead atoms. The van der Waals surface area contributed by atoms with Crippen LogP contribution in [0.2, 0.25) is 0 Å². The Hall–Kier alpha value is -1.35. The van der Waals surface area contributed by atoms with Crippen molar-refractivity contribution in [3.8, 4) is 0 Å². The fraction of sp³-hybridized carbons (Fsp3) is 0.588. The molecular weight excluding hydrogens is 250 g/mol. The van der Waals surface area contributed by atoms with Crippen LogP contribution in [-0.2, 0) is 4.74 Å². The van der Waals surface area contributed by atoms with Gasteiger partial charge in [-0.05, 0) is 51.2 Å². The second-order valence-corrected chi connectivity index (χ2v) is 6.31. The molecule has 3 heteroatoms. The first-order valence-corrected chi connectivity index (χ1v) is 7.61. The van der Waals surface area contributed by atoms with Crippen molar-refractivity contribution < 1.29 is 9.53 Å². The minimum absolute atomic E-state index is 0.148. The number of hydrogen-bond acceptors (Lipinski definition) is 2. The Bertz CT molecular complexity index is 487. The Morgan fingerprint density at radius 2 is 1.90 bits per heavy atom. The quantitative estimate of drug-likeness (QED) is 0.844. The first-order chi connectivity index (χ1) is 9.61. The van der Waals surface area contributed by atoms with Crippen LogP contribution in [0.1, 0.15) is 40.7 Å². The third kappa shape index (κ3) is 3.21. The van der Waals surface area contributed by atoms with Gasteiger partial charge in [-0.3, -0.25) is 4.79 Å². The first-order valence-electron chi connectivity index (χ1n) is 7.61. The molecule has 3 rings (SSSR count). The van der Waals surface area contributed by atoms with Gasteiger partial charge in [-0.15, -0.1) is 0 Å². The lowest BCUT2D eigenvalue weighted by Gasteiger charge is -2.17. The molecule has 0 radical (unpaired) electrons. The fourth-order valence-electron chi connectivity index (χ4n) is 2.89. The number of hydrogen-bond donors (Lipinski definition) is 0. The van der Waals surface area contributed by atoms with Crippen LogP contribution in [0.4, 0.5) is 0 Å². The van der Waals surface area contributed by atoms with Crippen molar-refractivity contribution >= 4 is 5.91 Å². The number of aryl methyl sites for hydroxylation is 2. The van der Waals surface area contributed by atoms with E-state index in [0.717, 1.165) is 48.7 Å². The molecule has 0 aromatic heterocycles. The molecule has 20 heavy (non-hydrogen) atoms. The van der Waals surface area contributed by atoms with Gasteiger partial charge in [-0.25, -0.2) is 0 Å². The van der Waals surface area contributed by atoms with E-state index in [1.807, 2.05) is 30.9 Å². The summed E-state index contributed by atoms with van der Waals surface area (Å²) in [6, 6.07) is 6.06. The second kappa shape index (κ2) is 5.57. The molecule has 1 heterocycles. The second-order valence-electron chi connectivity index (χ2n) is 6.31. The zero-order valence-corrected chi connectivity index (χ0v) is 12.4. The van der Waals surface area contributed by atoms with E-state index in [4.69, 9.17) is 4.74 Å². The lowest BCUT2D eigenvalue weighted by Crippen LogP contribution is -2.30. The standard InChI is InChI=1S/C17H23NO2/c1-12-7-13(2)9-15(8-12)17(19)18-6-5-16(10-18)20-11-14-3-4-14/h7-9,14,16H,3-6,10-11H2,1-2H3. The van der Waals surface area contributed by atoms with Gasteiger partial charge in [0, 0.05) is 25.3 Å².